The standard InChI is InChI=1S/C7H17NO3S/c1-7(2,3)5-4-6(8)12(9,10)11/h6H,4-5,8H2,1-3H3,(H,9,10,11). The number of hydrogen-bond donors (Lipinski definition) is 2. The van der Waals surface area contributed by atoms with Crippen LogP contribution in [0.4, 0.5) is 0 Å². The zero-order chi connectivity index (χ0) is 9.99. The second-order valence-corrected chi connectivity index (χ2v) is 5.79. The summed E-state index contributed by atoms with van der Waals surface area (Å²) in [6.07, 6.45) is 0.969. The Hall–Kier alpha value is -0.130. The Morgan fingerprint density at radius 2 is 1.83 bits per heavy atom. The van der Waals surface area contributed by atoms with Crippen LogP contribution in [0.25, 0.3) is 0 Å². The van der Waals surface area contributed by atoms with Crippen molar-refractivity contribution in [1.82, 2.24) is 0 Å². The SMILES string of the molecule is CC(C)(C)CCC(N)S(=O)(=O)O. The first-order valence-electron chi connectivity index (χ1n) is 3.85. The molecule has 0 aromatic rings. The lowest BCUT2D eigenvalue weighted by molar-refractivity contribution is 0.356. The molecule has 0 radical (unpaired) electrons. The quantitative estimate of drug-likeness (QED) is 0.658. The smallest absolute Gasteiger partial charge is 0.280 e. The Balaban J connectivity index is 3.98. The van der Waals surface area contributed by atoms with Crippen LogP contribution in [0.3, 0.4) is 0 Å². The summed E-state index contributed by atoms with van der Waals surface area (Å²) in [6.45, 7) is 5.97. The third-order valence-electron chi connectivity index (χ3n) is 1.56. The molecule has 0 aliphatic heterocycles. The molecule has 74 valence electrons. The monoisotopic (exact) mass is 195 g/mol. The topological polar surface area (TPSA) is 80.4 Å². The van der Waals surface area contributed by atoms with Crippen molar-refractivity contribution in [2.45, 2.75) is 39.0 Å². The Labute approximate surface area is 73.9 Å². The van der Waals surface area contributed by atoms with Crippen molar-refractivity contribution >= 4 is 10.1 Å². The van der Waals surface area contributed by atoms with Crippen molar-refractivity contribution < 1.29 is 13.0 Å². The predicted molar refractivity (Wildman–Crippen MR) is 48.2 cm³/mol. The first-order valence-corrected chi connectivity index (χ1v) is 5.35. The molecular weight excluding hydrogens is 178 g/mol. The average Bonchev–Trinajstić information content (AvgIpc) is 1.78. The van der Waals surface area contributed by atoms with Gasteiger partial charge in [-0.15, -0.1) is 0 Å². The minimum absolute atomic E-state index is 0.0440. The van der Waals surface area contributed by atoms with Crippen LogP contribution in [0.2, 0.25) is 0 Å². The van der Waals surface area contributed by atoms with Gasteiger partial charge in [-0.2, -0.15) is 8.42 Å². The zero-order valence-corrected chi connectivity index (χ0v) is 8.56. The second kappa shape index (κ2) is 3.72. The van der Waals surface area contributed by atoms with E-state index in [9.17, 15) is 8.42 Å². The maximum absolute atomic E-state index is 10.5. The molecular formula is C7H17NO3S. The summed E-state index contributed by atoms with van der Waals surface area (Å²) in [5.74, 6) is 0. The van der Waals surface area contributed by atoms with E-state index in [-0.39, 0.29) is 5.41 Å². The fourth-order valence-electron chi connectivity index (χ4n) is 0.724. The molecule has 0 saturated carbocycles. The molecule has 0 rings (SSSR count). The first-order chi connectivity index (χ1) is 5.13. The van der Waals surface area contributed by atoms with Gasteiger partial charge in [0.25, 0.3) is 10.1 Å². The van der Waals surface area contributed by atoms with Crippen molar-refractivity contribution in [1.29, 1.82) is 0 Å². The Morgan fingerprint density at radius 1 is 1.42 bits per heavy atom. The largest absolute Gasteiger partial charge is 0.313 e. The van der Waals surface area contributed by atoms with E-state index in [1.165, 1.54) is 0 Å². The Kier molecular flexibility index (Phi) is 3.68. The van der Waals surface area contributed by atoms with Gasteiger partial charge in [-0.1, -0.05) is 20.8 Å². The van der Waals surface area contributed by atoms with Crippen molar-refractivity contribution in [2.75, 3.05) is 0 Å². The summed E-state index contributed by atoms with van der Waals surface area (Å²) >= 11 is 0. The molecule has 5 heteroatoms. The van der Waals surface area contributed by atoms with Gasteiger partial charge in [0.05, 0.1) is 0 Å². The predicted octanol–water partition coefficient (Wildman–Crippen LogP) is 0.985. The number of nitrogens with two attached hydrogens (primary N) is 1. The molecule has 0 aromatic heterocycles. The zero-order valence-electron chi connectivity index (χ0n) is 7.74. The molecule has 1 unspecified atom stereocenters. The first kappa shape index (κ1) is 11.9. The van der Waals surface area contributed by atoms with Crippen LogP contribution in [0.1, 0.15) is 33.6 Å². The maximum atomic E-state index is 10.5. The maximum Gasteiger partial charge on any atom is 0.280 e. The van der Waals surface area contributed by atoms with Crippen LogP contribution in [-0.2, 0) is 10.1 Å². The summed E-state index contributed by atoms with van der Waals surface area (Å²) < 4.78 is 29.5. The second-order valence-electron chi connectivity index (χ2n) is 4.15. The van der Waals surface area contributed by atoms with Gasteiger partial charge >= 0.3 is 0 Å². The molecule has 0 fully saturated rings. The lowest BCUT2D eigenvalue weighted by Crippen LogP contribution is -2.31. The third kappa shape index (κ3) is 5.51. The van der Waals surface area contributed by atoms with Gasteiger partial charge in [-0.05, 0) is 18.3 Å². The highest BCUT2D eigenvalue weighted by Crippen LogP contribution is 2.21. The molecule has 0 aliphatic rings. The van der Waals surface area contributed by atoms with E-state index in [1.807, 2.05) is 20.8 Å². The average molecular weight is 195 g/mol. The highest BCUT2D eigenvalue weighted by molar-refractivity contribution is 7.86. The molecule has 0 heterocycles. The molecule has 1 atom stereocenters. The minimum atomic E-state index is -4.05. The number of rotatable bonds is 3. The van der Waals surface area contributed by atoms with Gasteiger partial charge in [0.1, 0.15) is 5.37 Å². The molecule has 0 aliphatic carbocycles. The van der Waals surface area contributed by atoms with Gasteiger partial charge in [-0.3, -0.25) is 4.55 Å². The van der Waals surface area contributed by atoms with Gasteiger partial charge in [0.2, 0.25) is 0 Å². The molecule has 0 spiro atoms. The van der Waals surface area contributed by atoms with Crippen molar-refractivity contribution in [2.24, 2.45) is 11.1 Å². The van der Waals surface area contributed by atoms with Gasteiger partial charge in [0, 0.05) is 0 Å². The van der Waals surface area contributed by atoms with E-state index < -0.39 is 15.5 Å². The summed E-state index contributed by atoms with van der Waals surface area (Å²) in [5, 5.41) is -1.14. The molecule has 12 heavy (non-hydrogen) atoms. The summed E-state index contributed by atoms with van der Waals surface area (Å²) in [7, 11) is -4.05. The van der Waals surface area contributed by atoms with Crippen LogP contribution < -0.4 is 5.73 Å². The van der Waals surface area contributed by atoms with Crippen molar-refractivity contribution in [3.05, 3.63) is 0 Å². The van der Waals surface area contributed by atoms with E-state index in [0.29, 0.717) is 12.8 Å². The van der Waals surface area contributed by atoms with Crippen LogP contribution in [0, 0.1) is 5.41 Å². The third-order valence-corrected chi connectivity index (χ3v) is 2.56. The van der Waals surface area contributed by atoms with Crippen LogP contribution in [-0.4, -0.2) is 18.3 Å². The molecule has 4 nitrogen and oxygen atoms in total. The summed E-state index contributed by atoms with van der Waals surface area (Å²) in [6, 6.07) is 0. The summed E-state index contributed by atoms with van der Waals surface area (Å²) in [5.41, 5.74) is 5.26. The van der Waals surface area contributed by atoms with Crippen molar-refractivity contribution in [3.63, 3.8) is 0 Å². The highest BCUT2D eigenvalue weighted by atomic mass is 32.2. The van der Waals surface area contributed by atoms with Gasteiger partial charge in [-0.25, -0.2) is 0 Å². The lowest BCUT2D eigenvalue weighted by Gasteiger charge is -2.19. The number of hydrogen-bond acceptors (Lipinski definition) is 3. The molecule has 0 bridgehead atoms. The van der Waals surface area contributed by atoms with E-state index in [0.717, 1.165) is 0 Å². The highest BCUT2D eigenvalue weighted by Gasteiger charge is 2.20. The fraction of sp³-hybridized carbons (Fsp3) is 1.00. The van der Waals surface area contributed by atoms with Gasteiger partial charge < -0.3 is 5.73 Å². The molecule has 0 amide bonds. The van der Waals surface area contributed by atoms with Crippen molar-refractivity contribution in [3.8, 4) is 0 Å². The lowest BCUT2D eigenvalue weighted by atomic mass is 9.91. The van der Waals surface area contributed by atoms with E-state index in [1.54, 1.807) is 0 Å². The van der Waals surface area contributed by atoms with Gasteiger partial charge in [0.15, 0.2) is 0 Å². The van der Waals surface area contributed by atoms with E-state index in [2.05, 4.69) is 0 Å². The summed E-state index contributed by atoms with van der Waals surface area (Å²) in [4.78, 5) is 0. The van der Waals surface area contributed by atoms with Crippen LogP contribution in [0.15, 0.2) is 0 Å². The van der Waals surface area contributed by atoms with E-state index >= 15 is 0 Å². The Bertz CT molecular complexity index is 228. The Morgan fingerprint density at radius 3 is 2.08 bits per heavy atom. The minimum Gasteiger partial charge on any atom is -0.313 e. The molecule has 3 N–H and O–H groups in total. The van der Waals surface area contributed by atoms with Crippen LogP contribution >= 0.6 is 0 Å². The normalized spacial score (nSPS) is 16.1. The molecule has 0 aromatic carbocycles. The van der Waals surface area contributed by atoms with Crippen LogP contribution in [0.5, 0.6) is 0 Å². The fourth-order valence-corrected chi connectivity index (χ4v) is 1.14. The molecule has 0 saturated heterocycles. The van der Waals surface area contributed by atoms with E-state index in [4.69, 9.17) is 10.3 Å².